The molecular weight excluding hydrogens is 273 g/mol. The third-order valence-corrected chi connectivity index (χ3v) is 3.00. The number of ketones is 1. The lowest BCUT2D eigenvalue weighted by atomic mass is 10.1. The van der Waals surface area contributed by atoms with Gasteiger partial charge in [-0.3, -0.25) is 4.79 Å². The van der Waals surface area contributed by atoms with Crippen LogP contribution in [-0.2, 0) is 11.2 Å². The molecule has 0 radical (unpaired) electrons. The summed E-state index contributed by atoms with van der Waals surface area (Å²) in [6, 6.07) is 4.40. The zero-order valence-corrected chi connectivity index (χ0v) is 10.8. The molecule has 0 aromatic heterocycles. The van der Waals surface area contributed by atoms with E-state index in [1.807, 2.05) is 6.92 Å². The van der Waals surface area contributed by atoms with E-state index in [0.717, 1.165) is 11.0 Å². The Labute approximate surface area is 103 Å². The van der Waals surface area contributed by atoms with E-state index in [2.05, 4.69) is 21.2 Å². The first-order valence-corrected chi connectivity index (χ1v) is 6.09. The Balaban J connectivity index is 2.52. The van der Waals surface area contributed by atoms with Crippen molar-refractivity contribution in [1.82, 2.24) is 5.32 Å². The normalized spacial score (nSPS) is 10.4. The molecule has 4 heteroatoms. The lowest BCUT2D eigenvalue weighted by Crippen LogP contribution is -2.18. The lowest BCUT2D eigenvalue weighted by Gasteiger charge is -2.04. The van der Waals surface area contributed by atoms with Crippen LogP contribution in [-0.4, -0.2) is 18.9 Å². The van der Waals surface area contributed by atoms with Gasteiger partial charge in [0.1, 0.15) is 11.6 Å². The molecule has 1 rings (SSSR count). The third-order valence-electron chi connectivity index (χ3n) is 2.23. The highest BCUT2D eigenvalue weighted by atomic mass is 79.9. The third kappa shape index (κ3) is 4.41. The van der Waals surface area contributed by atoms with Gasteiger partial charge in [0, 0.05) is 23.9 Å². The molecular formula is C12H15BrFNO. The van der Waals surface area contributed by atoms with Crippen molar-refractivity contribution in [1.29, 1.82) is 0 Å². The molecule has 1 N–H and O–H groups in total. The maximum Gasteiger partial charge on any atom is 0.138 e. The molecule has 0 aliphatic rings. The highest BCUT2D eigenvalue weighted by Crippen LogP contribution is 2.18. The average molecular weight is 288 g/mol. The molecule has 16 heavy (non-hydrogen) atoms. The average Bonchev–Trinajstić information content (AvgIpc) is 2.24. The predicted octanol–water partition coefficient (Wildman–Crippen LogP) is 2.70. The maximum absolute atomic E-state index is 13.0. The van der Waals surface area contributed by atoms with E-state index < -0.39 is 0 Å². The second-order valence-electron chi connectivity index (χ2n) is 3.55. The lowest BCUT2D eigenvalue weighted by molar-refractivity contribution is -0.118. The number of hydrogen-bond donors (Lipinski definition) is 1. The number of benzene rings is 1. The fourth-order valence-corrected chi connectivity index (χ4v) is 1.77. The van der Waals surface area contributed by atoms with Crippen LogP contribution >= 0.6 is 15.9 Å². The Kier molecular flexibility index (Phi) is 5.63. The molecule has 1 aromatic rings. The van der Waals surface area contributed by atoms with Crippen LogP contribution < -0.4 is 5.32 Å². The van der Waals surface area contributed by atoms with Gasteiger partial charge >= 0.3 is 0 Å². The highest BCUT2D eigenvalue weighted by molar-refractivity contribution is 9.10. The van der Waals surface area contributed by atoms with Crippen LogP contribution in [0.25, 0.3) is 0 Å². The van der Waals surface area contributed by atoms with E-state index in [1.165, 1.54) is 12.1 Å². The van der Waals surface area contributed by atoms with E-state index in [9.17, 15) is 9.18 Å². The molecule has 0 saturated carbocycles. The minimum atomic E-state index is -0.308. The first kappa shape index (κ1) is 13.3. The second kappa shape index (κ2) is 6.76. The van der Waals surface area contributed by atoms with Crippen LogP contribution in [0.4, 0.5) is 4.39 Å². The summed E-state index contributed by atoms with van der Waals surface area (Å²) >= 11 is 3.31. The number of nitrogens with one attached hydrogen (secondary N) is 1. The summed E-state index contributed by atoms with van der Waals surface area (Å²) in [5.74, 6) is -0.190. The Morgan fingerprint density at radius 3 is 2.94 bits per heavy atom. The topological polar surface area (TPSA) is 29.1 Å². The molecule has 0 fully saturated rings. The quantitative estimate of drug-likeness (QED) is 0.815. The van der Waals surface area contributed by atoms with Crippen molar-refractivity contribution in [3.63, 3.8) is 0 Å². The molecule has 1 aromatic carbocycles. The summed E-state index contributed by atoms with van der Waals surface area (Å²) in [6.07, 6.45) is 0.764. The SMILES string of the molecule is CCNCCC(=O)Cc1cc(F)ccc1Br. The Bertz CT molecular complexity index is 368. The minimum Gasteiger partial charge on any atom is -0.317 e. The molecule has 88 valence electrons. The molecule has 0 unspecified atom stereocenters. The number of carbonyl (C=O) groups is 1. The van der Waals surface area contributed by atoms with Gasteiger partial charge in [0.15, 0.2) is 0 Å². The van der Waals surface area contributed by atoms with Gasteiger partial charge in [0.2, 0.25) is 0 Å². The van der Waals surface area contributed by atoms with E-state index in [0.29, 0.717) is 18.5 Å². The Morgan fingerprint density at radius 1 is 1.50 bits per heavy atom. The molecule has 0 heterocycles. The van der Waals surface area contributed by atoms with Gasteiger partial charge in [-0.25, -0.2) is 4.39 Å². The van der Waals surface area contributed by atoms with E-state index in [1.54, 1.807) is 6.07 Å². The van der Waals surface area contributed by atoms with Crippen molar-refractivity contribution in [3.05, 3.63) is 34.1 Å². The van der Waals surface area contributed by atoms with Gasteiger partial charge < -0.3 is 5.32 Å². The summed E-state index contributed by atoms with van der Waals surface area (Å²) in [5.41, 5.74) is 0.710. The van der Waals surface area contributed by atoms with Crippen molar-refractivity contribution in [2.45, 2.75) is 19.8 Å². The van der Waals surface area contributed by atoms with Crippen LogP contribution in [0.2, 0.25) is 0 Å². The number of hydrogen-bond acceptors (Lipinski definition) is 2. The van der Waals surface area contributed by atoms with Gasteiger partial charge in [-0.05, 0) is 30.3 Å². The minimum absolute atomic E-state index is 0.118. The molecule has 0 spiro atoms. The molecule has 0 atom stereocenters. The first-order valence-electron chi connectivity index (χ1n) is 5.29. The summed E-state index contributed by atoms with van der Waals surface area (Å²) in [4.78, 5) is 11.6. The highest BCUT2D eigenvalue weighted by Gasteiger charge is 2.07. The van der Waals surface area contributed by atoms with Gasteiger partial charge in [-0.1, -0.05) is 22.9 Å². The molecule has 2 nitrogen and oxygen atoms in total. The van der Waals surface area contributed by atoms with E-state index in [-0.39, 0.29) is 18.0 Å². The van der Waals surface area contributed by atoms with Crippen molar-refractivity contribution >= 4 is 21.7 Å². The fraction of sp³-hybridized carbons (Fsp3) is 0.417. The van der Waals surface area contributed by atoms with Crippen LogP contribution in [0.3, 0.4) is 0 Å². The monoisotopic (exact) mass is 287 g/mol. The maximum atomic E-state index is 13.0. The smallest absolute Gasteiger partial charge is 0.138 e. The van der Waals surface area contributed by atoms with Crippen LogP contribution in [0.5, 0.6) is 0 Å². The fourth-order valence-electron chi connectivity index (χ4n) is 1.38. The van der Waals surface area contributed by atoms with Gasteiger partial charge in [-0.2, -0.15) is 0 Å². The number of carbonyl (C=O) groups excluding carboxylic acids is 1. The summed E-state index contributed by atoms with van der Waals surface area (Å²) in [6.45, 7) is 3.53. The number of Topliss-reactive ketones (excluding diaryl/α,β-unsaturated/α-hetero) is 1. The molecule has 0 aliphatic heterocycles. The predicted molar refractivity (Wildman–Crippen MR) is 66.0 cm³/mol. The second-order valence-corrected chi connectivity index (χ2v) is 4.41. The Morgan fingerprint density at radius 2 is 2.25 bits per heavy atom. The standard InChI is InChI=1S/C12H15BrFNO/c1-2-15-6-5-11(16)8-9-7-10(14)3-4-12(9)13/h3-4,7,15H,2,5-6,8H2,1H3. The summed E-state index contributed by atoms with van der Waals surface area (Å²) < 4.78 is 13.7. The van der Waals surface area contributed by atoms with Crippen LogP contribution in [0, 0.1) is 5.82 Å². The van der Waals surface area contributed by atoms with Gasteiger partial charge in [0.25, 0.3) is 0 Å². The van der Waals surface area contributed by atoms with Gasteiger partial charge in [0.05, 0.1) is 0 Å². The molecule has 0 bridgehead atoms. The van der Waals surface area contributed by atoms with Crippen LogP contribution in [0.15, 0.2) is 22.7 Å². The van der Waals surface area contributed by atoms with Crippen molar-refractivity contribution < 1.29 is 9.18 Å². The molecule has 0 amide bonds. The summed E-state index contributed by atoms with van der Waals surface area (Å²) in [7, 11) is 0. The van der Waals surface area contributed by atoms with Gasteiger partial charge in [-0.15, -0.1) is 0 Å². The van der Waals surface area contributed by atoms with Crippen molar-refractivity contribution in [3.8, 4) is 0 Å². The van der Waals surface area contributed by atoms with E-state index in [4.69, 9.17) is 0 Å². The Hall–Kier alpha value is -0.740. The van der Waals surface area contributed by atoms with Crippen LogP contribution in [0.1, 0.15) is 18.9 Å². The molecule has 0 saturated heterocycles. The van der Waals surface area contributed by atoms with Crippen molar-refractivity contribution in [2.24, 2.45) is 0 Å². The number of halogens is 2. The first-order chi connectivity index (χ1) is 7.63. The zero-order valence-electron chi connectivity index (χ0n) is 9.22. The van der Waals surface area contributed by atoms with E-state index >= 15 is 0 Å². The van der Waals surface area contributed by atoms with Crippen molar-refractivity contribution in [2.75, 3.05) is 13.1 Å². The summed E-state index contributed by atoms with van der Waals surface area (Å²) in [5, 5.41) is 3.08. The molecule has 0 aliphatic carbocycles. The number of rotatable bonds is 6. The largest absolute Gasteiger partial charge is 0.317 e. The zero-order chi connectivity index (χ0) is 12.0.